The zero-order chi connectivity index (χ0) is 21.4. The summed E-state index contributed by atoms with van der Waals surface area (Å²) in [5.74, 6) is -0.491. The number of amides is 2. The smallest absolute Gasteiger partial charge is 0.254 e. The maximum absolute atomic E-state index is 13.6. The molecular formula is C26H25N3O2. The molecular weight excluding hydrogens is 386 g/mol. The molecule has 5 rings (SSSR count). The minimum Gasteiger partial charge on any atom is -0.351 e. The molecule has 156 valence electrons. The summed E-state index contributed by atoms with van der Waals surface area (Å²) in [5, 5.41) is 3.11. The number of pyridine rings is 1. The summed E-state index contributed by atoms with van der Waals surface area (Å²) in [6.45, 7) is 2.47. The number of hydrogen-bond donors (Lipinski definition) is 1. The monoisotopic (exact) mass is 411 g/mol. The Morgan fingerprint density at radius 3 is 2.58 bits per heavy atom. The minimum atomic E-state index is -0.460. The molecule has 3 aromatic rings. The second-order valence-corrected chi connectivity index (χ2v) is 8.44. The normalized spacial score (nSPS) is 20.3. The molecule has 0 unspecified atom stereocenters. The zero-order valence-electron chi connectivity index (χ0n) is 17.5. The van der Waals surface area contributed by atoms with E-state index in [2.05, 4.69) is 16.4 Å². The Balaban J connectivity index is 1.58. The Morgan fingerprint density at radius 2 is 1.84 bits per heavy atom. The van der Waals surface area contributed by atoms with Crippen LogP contribution in [0.4, 0.5) is 0 Å². The van der Waals surface area contributed by atoms with E-state index in [1.807, 2.05) is 66.4 Å². The third-order valence-electron chi connectivity index (χ3n) is 6.20. The van der Waals surface area contributed by atoms with Crippen molar-refractivity contribution in [1.82, 2.24) is 15.2 Å². The van der Waals surface area contributed by atoms with Crippen molar-refractivity contribution in [2.24, 2.45) is 0 Å². The van der Waals surface area contributed by atoms with Crippen molar-refractivity contribution in [3.05, 3.63) is 101 Å². The molecule has 1 N–H and O–H groups in total. The van der Waals surface area contributed by atoms with Crippen LogP contribution in [0.3, 0.4) is 0 Å². The van der Waals surface area contributed by atoms with Gasteiger partial charge in [-0.25, -0.2) is 0 Å². The van der Waals surface area contributed by atoms with Crippen LogP contribution in [0.1, 0.15) is 57.4 Å². The van der Waals surface area contributed by atoms with Crippen LogP contribution in [-0.4, -0.2) is 27.7 Å². The van der Waals surface area contributed by atoms with Crippen LogP contribution in [0.15, 0.2) is 73.1 Å². The van der Waals surface area contributed by atoms with Crippen LogP contribution in [0.5, 0.6) is 0 Å². The number of rotatable bonds is 5. The van der Waals surface area contributed by atoms with Crippen molar-refractivity contribution in [2.75, 3.05) is 0 Å². The molecule has 31 heavy (non-hydrogen) atoms. The van der Waals surface area contributed by atoms with Crippen molar-refractivity contribution in [2.45, 2.75) is 44.3 Å². The van der Waals surface area contributed by atoms with E-state index in [1.165, 1.54) is 0 Å². The number of nitrogens with zero attached hydrogens (tertiary/aromatic N) is 2. The summed E-state index contributed by atoms with van der Waals surface area (Å²) < 4.78 is 0. The Hall–Kier alpha value is -3.47. The highest BCUT2D eigenvalue weighted by Gasteiger charge is 2.48. The lowest BCUT2D eigenvalue weighted by atomic mass is 9.78. The van der Waals surface area contributed by atoms with Gasteiger partial charge in [0, 0.05) is 30.5 Å². The number of benzene rings is 2. The van der Waals surface area contributed by atoms with Crippen LogP contribution in [0.2, 0.25) is 0 Å². The van der Waals surface area contributed by atoms with Crippen LogP contribution >= 0.6 is 0 Å². The predicted octanol–water partition coefficient (Wildman–Crippen LogP) is 4.15. The second-order valence-electron chi connectivity index (χ2n) is 8.44. The summed E-state index contributed by atoms with van der Waals surface area (Å²) in [4.78, 5) is 33.1. The highest BCUT2D eigenvalue weighted by molar-refractivity contribution is 6.01. The van der Waals surface area contributed by atoms with Crippen molar-refractivity contribution in [3.8, 4) is 0 Å². The molecule has 2 heterocycles. The summed E-state index contributed by atoms with van der Waals surface area (Å²) >= 11 is 0. The molecule has 1 aliphatic carbocycles. The van der Waals surface area contributed by atoms with E-state index in [1.54, 1.807) is 12.4 Å². The van der Waals surface area contributed by atoms with E-state index in [-0.39, 0.29) is 23.9 Å². The number of nitrogens with one attached hydrogen (secondary N) is 1. The van der Waals surface area contributed by atoms with Gasteiger partial charge < -0.3 is 10.2 Å². The molecule has 2 aromatic carbocycles. The zero-order valence-corrected chi connectivity index (χ0v) is 17.5. The van der Waals surface area contributed by atoms with Gasteiger partial charge in [-0.2, -0.15) is 0 Å². The maximum Gasteiger partial charge on any atom is 0.254 e. The number of aryl methyl sites for hydroxylation is 1. The summed E-state index contributed by atoms with van der Waals surface area (Å²) in [6, 6.07) is 19.4. The Bertz CT molecular complexity index is 1120. The standard InChI is InChI=1S/C26H25N3O2/c1-17-5-4-6-19(15-17)24-23(25(30)28-16-18-11-13-27-14-12-18)21-7-2-3-8-22(21)26(31)29(24)20-9-10-20/h2-8,11-15,20,23-24H,9-10,16H2,1H3,(H,28,30)/t23-,24-/m1/s1. The first-order valence-corrected chi connectivity index (χ1v) is 10.8. The summed E-state index contributed by atoms with van der Waals surface area (Å²) in [7, 11) is 0. The highest BCUT2D eigenvalue weighted by Crippen LogP contribution is 2.47. The minimum absolute atomic E-state index is 0.0304. The molecule has 1 aliphatic heterocycles. The molecule has 1 fully saturated rings. The van der Waals surface area contributed by atoms with Crippen LogP contribution in [-0.2, 0) is 11.3 Å². The predicted molar refractivity (Wildman–Crippen MR) is 118 cm³/mol. The lowest BCUT2D eigenvalue weighted by Crippen LogP contribution is -2.48. The fourth-order valence-electron chi connectivity index (χ4n) is 4.60. The molecule has 0 saturated heterocycles. The van der Waals surface area contributed by atoms with Gasteiger partial charge in [0.15, 0.2) is 0 Å². The lowest BCUT2D eigenvalue weighted by molar-refractivity contribution is -0.124. The average molecular weight is 412 g/mol. The lowest BCUT2D eigenvalue weighted by Gasteiger charge is -2.42. The van der Waals surface area contributed by atoms with Gasteiger partial charge in [-0.15, -0.1) is 0 Å². The Morgan fingerprint density at radius 1 is 1.06 bits per heavy atom. The van der Waals surface area contributed by atoms with Crippen molar-refractivity contribution in [1.29, 1.82) is 0 Å². The molecule has 0 spiro atoms. The molecule has 2 amide bonds. The van der Waals surface area contributed by atoms with E-state index in [4.69, 9.17) is 0 Å². The molecule has 1 aromatic heterocycles. The molecule has 0 bridgehead atoms. The quantitative estimate of drug-likeness (QED) is 0.686. The first kappa shape index (κ1) is 19.5. The molecule has 2 atom stereocenters. The fraction of sp³-hybridized carbons (Fsp3) is 0.269. The number of aromatic nitrogens is 1. The van der Waals surface area contributed by atoms with Crippen molar-refractivity contribution in [3.63, 3.8) is 0 Å². The van der Waals surface area contributed by atoms with Gasteiger partial charge in [0.25, 0.3) is 5.91 Å². The largest absolute Gasteiger partial charge is 0.351 e. The topological polar surface area (TPSA) is 62.3 Å². The molecule has 2 aliphatic rings. The van der Waals surface area contributed by atoms with E-state index >= 15 is 0 Å². The summed E-state index contributed by atoms with van der Waals surface area (Å²) in [6.07, 6.45) is 5.42. The van der Waals surface area contributed by atoms with Gasteiger partial charge in [-0.3, -0.25) is 14.6 Å². The van der Waals surface area contributed by atoms with Gasteiger partial charge in [0.1, 0.15) is 0 Å². The van der Waals surface area contributed by atoms with Crippen LogP contribution in [0.25, 0.3) is 0 Å². The number of fused-ring (bicyclic) bond motifs is 1. The molecule has 5 heteroatoms. The maximum atomic E-state index is 13.6. The van der Waals surface area contributed by atoms with Crippen LogP contribution < -0.4 is 5.32 Å². The molecule has 5 nitrogen and oxygen atoms in total. The van der Waals surface area contributed by atoms with E-state index in [0.717, 1.165) is 35.1 Å². The number of carbonyl (C=O) groups is 2. The third kappa shape index (κ3) is 3.72. The first-order chi connectivity index (χ1) is 15.1. The van der Waals surface area contributed by atoms with Crippen molar-refractivity contribution < 1.29 is 9.59 Å². The van der Waals surface area contributed by atoms with E-state index < -0.39 is 5.92 Å². The average Bonchev–Trinajstić information content (AvgIpc) is 3.63. The highest BCUT2D eigenvalue weighted by atomic mass is 16.2. The molecule has 0 radical (unpaired) electrons. The number of carbonyl (C=O) groups excluding carboxylic acids is 2. The van der Waals surface area contributed by atoms with Gasteiger partial charge in [0.2, 0.25) is 5.91 Å². The molecule has 1 saturated carbocycles. The number of hydrogen-bond acceptors (Lipinski definition) is 3. The SMILES string of the molecule is Cc1cccc([C@@H]2[C@H](C(=O)NCc3ccncc3)c3ccccc3C(=O)N2C2CC2)c1. The summed E-state index contributed by atoms with van der Waals surface area (Å²) in [5.41, 5.74) is 4.58. The van der Waals surface area contributed by atoms with Gasteiger partial charge >= 0.3 is 0 Å². The third-order valence-corrected chi connectivity index (χ3v) is 6.20. The van der Waals surface area contributed by atoms with Gasteiger partial charge in [0.05, 0.1) is 12.0 Å². The Kier molecular flexibility index (Phi) is 5.02. The van der Waals surface area contributed by atoms with Gasteiger partial charge in [-0.05, 0) is 54.7 Å². The Labute approximate surface area is 182 Å². The van der Waals surface area contributed by atoms with Gasteiger partial charge in [-0.1, -0.05) is 48.0 Å². The first-order valence-electron chi connectivity index (χ1n) is 10.8. The van der Waals surface area contributed by atoms with Crippen LogP contribution in [0, 0.1) is 6.92 Å². The van der Waals surface area contributed by atoms with E-state index in [0.29, 0.717) is 12.1 Å². The second kappa shape index (κ2) is 7.99. The van der Waals surface area contributed by atoms with E-state index in [9.17, 15) is 9.59 Å². The fourth-order valence-corrected chi connectivity index (χ4v) is 4.60. The van der Waals surface area contributed by atoms with Crippen molar-refractivity contribution >= 4 is 11.8 Å².